The minimum Gasteiger partial charge on any atom is -0.478 e. The third-order valence-corrected chi connectivity index (χ3v) is 11.0. The zero-order valence-electron chi connectivity index (χ0n) is 21.9. The fraction of sp³-hybridized carbons (Fsp3) is 0.194. The Morgan fingerprint density at radius 2 is 1.63 bits per heavy atom. The maximum atomic E-state index is 11.7. The van der Waals surface area contributed by atoms with Crippen LogP contribution in [0.3, 0.4) is 0 Å². The van der Waals surface area contributed by atoms with E-state index >= 15 is 0 Å². The predicted octanol–water partition coefficient (Wildman–Crippen LogP) is 9.23. The number of aryl methyl sites for hydroxylation is 1. The molecule has 0 aliphatic heterocycles. The molecule has 0 saturated heterocycles. The number of aromatic nitrogens is 1. The molecule has 0 aliphatic carbocycles. The number of hydrogen-bond donors (Lipinski definition) is 1. The lowest BCUT2D eigenvalue weighted by Gasteiger charge is -2.37. The summed E-state index contributed by atoms with van der Waals surface area (Å²) in [5.74, 6) is -0.268. The molecule has 38 heavy (non-hydrogen) atoms. The van der Waals surface area contributed by atoms with E-state index in [4.69, 9.17) is 9.27 Å². The second kappa shape index (κ2) is 10.1. The van der Waals surface area contributed by atoms with Crippen molar-refractivity contribution >= 4 is 62.0 Å². The van der Waals surface area contributed by atoms with Gasteiger partial charge in [0.05, 0.1) is 11.3 Å². The summed E-state index contributed by atoms with van der Waals surface area (Å²) in [5, 5.41) is 12.6. The Morgan fingerprint density at radius 3 is 2.32 bits per heavy atom. The Labute approximate surface area is 231 Å². The van der Waals surface area contributed by atoms with Gasteiger partial charge in [0, 0.05) is 43.3 Å². The van der Waals surface area contributed by atoms with Crippen molar-refractivity contribution in [2.24, 2.45) is 4.74 Å². The molecule has 1 heterocycles. The van der Waals surface area contributed by atoms with Crippen LogP contribution in [0.4, 0.5) is 5.69 Å². The van der Waals surface area contributed by atoms with Crippen molar-refractivity contribution in [2.75, 3.05) is 0 Å². The molecule has 5 nitrogen and oxygen atoms in total. The summed E-state index contributed by atoms with van der Waals surface area (Å²) in [5.41, 5.74) is 3.15. The first-order chi connectivity index (χ1) is 18.1. The number of rotatable bonds is 6. The number of fused-ring (bicyclic) bond motifs is 3. The van der Waals surface area contributed by atoms with Crippen LogP contribution in [0.25, 0.3) is 21.8 Å². The molecule has 0 bridgehead atoms. The van der Waals surface area contributed by atoms with Crippen molar-refractivity contribution in [2.45, 2.75) is 39.4 Å². The van der Waals surface area contributed by atoms with Gasteiger partial charge in [-0.2, -0.15) is 0 Å². The summed E-state index contributed by atoms with van der Waals surface area (Å²) in [6.07, 6.45) is 0. The Hall–Kier alpha value is -3.34. The molecule has 0 amide bonds. The van der Waals surface area contributed by atoms with E-state index < -0.39 is 18.4 Å². The van der Waals surface area contributed by atoms with E-state index in [1.807, 2.05) is 30.3 Å². The predicted molar refractivity (Wildman–Crippen MR) is 162 cm³/mol. The molecule has 0 unspecified atom stereocenters. The fourth-order valence-electron chi connectivity index (χ4n) is 4.89. The lowest BCUT2D eigenvalue weighted by Crippen LogP contribution is -2.27. The van der Waals surface area contributed by atoms with Crippen LogP contribution in [-0.2, 0) is 6.54 Å². The van der Waals surface area contributed by atoms with Gasteiger partial charge in [-0.05, 0) is 73.7 Å². The largest absolute Gasteiger partial charge is 0.478 e. The zero-order chi connectivity index (χ0) is 27.1. The van der Waals surface area contributed by atoms with Gasteiger partial charge in [-0.1, -0.05) is 61.0 Å². The summed E-state index contributed by atoms with van der Waals surface area (Å²) < 4.78 is 15.6. The molecule has 0 saturated carbocycles. The van der Waals surface area contributed by atoms with Crippen molar-refractivity contribution in [3.63, 3.8) is 0 Å². The maximum absolute atomic E-state index is 11.7. The van der Waals surface area contributed by atoms with Crippen LogP contribution in [0.15, 0.2) is 100 Å². The molecule has 1 atom stereocenters. The fourth-order valence-corrected chi connectivity index (χ4v) is 8.22. The van der Waals surface area contributed by atoms with E-state index in [-0.39, 0.29) is 5.56 Å². The molecule has 1 aromatic heterocycles. The standard InChI is InChI=1S/C31H30BrN2O3P/c1-5-34-28-12-7-6-11-26(28)27-20-25(17-18-29(27)34)38(31(2,3)4,37-24-15-13-22(32)14-16-24)33-23-10-8-9-21(19-23)30(35)36/h6-20H,5H2,1-4H3,(H,35,36)/t38-/m0/s1. The van der Waals surface area contributed by atoms with Gasteiger partial charge in [0.1, 0.15) is 5.75 Å². The first-order valence-electron chi connectivity index (χ1n) is 12.6. The molecule has 7 heteroatoms. The van der Waals surface area contributed by atoms with Gasteiger partial charge in [-0.25, -0.2) is 9.54 Å². The Bertz CT molecular complexity index is 1720. The van der Waals surface area contributed by atoms with Gasteiger partial charge in [0.25, 0.3) is 0 Å². The van der Waals surface area contributed by atoms with Crippen LogP contribution in [0.2, 0.25) is 0 Å². The Kier molecular flexibility index (Phi) is 6.97. The molecule has 4 aromatic carbocycles. The van der Waals surface area contributed by atoms with Gasteiger partial charge in [-0.15, -0.1) is 0 Å². The van der Waals surface area contributed by atoms with Crippen LogP contribution in [0, 0.1) is 0 Å². The molecule has 194 valence electrons. The lowest BCUT2D eigenvalue weighted by molar-refractivity contribution is 0.0697. The number of hydrogen-bond acceptors (Lipinski definition) is 3. The molecular formula is C31H30BrN2O3P. The maximum Gasteiger partial charge on any atom is 0.335 e. The highest BCUT2D eigenvalue weighted by molar-refractivity contribution is 9.10. The first-order valence-corrected chi connectivity index (χ1v) is 15.0. The van der Waals surface area contributed by atoms with Crippen LogP contribution >= 0.6 is 23.2 Å². The van der Waals surface area contributed by atoms with E-state index in [0.29, 0.717) is 11.4 Å². The average Bonchev–Trinajstić information content (AvgIpc) is 3.22. The van der Waals surface area contributed by atoms with Crippen LogP contribution < -0.4 is 9.83 Å². The van der Waals surface area contributed by atoms with Crippen LogP contribution in [0.1, 0.15) is 38.1 Å². The monoisotopic (exact) mass is 588 g/mol. The second-order valence-electron chi connectivity index (χ2n) is 10.2. The molecule has 5 aromatic rings. The summed E-state index contributed by atoms with van der Waals surface area (Å²) in [6, 6.07) is 29.6. The number of carboxylic acids is 1. The Morgan fingerprint density at radius 1 is 0.921 bits per heavy atom. The van der Waals surface area contributed by atoms with E-state index in [1.165, 1.54) is 16.4 Å². The third-order valence-electron chi connectivity index (χ3n) is 6.73. The van der Waals surface area contributed by atoms with Crippen molar-refractivity contribution in [3.8, 4) is 5.75 Å². The summed E-state index contributed by atoms with van der Waals surface area (Å²) in [6.45, 7) is 9.45. The first kappa shape index (κ1) is 26.3. The Balaban J connectivity index is 1.84. The molecule has 0 fully saturated rings. The highest BCUT2D eigenvalue weighted by Crippen LogP contribution is 2.62. The van der Waals surface area contributed by atoms with Crippen molar-refractivity contribution in [3.05, 3.63) is 101 Å². The number of carboxylic acid groups (broad SMARTS) is 1. The summed E-state index contributed by atoms with van der Waals surface area (Å²) in [7, 11) is -2.82. The quantitative estimate of drug-likeness (QED) is 0.201. The highest BCUT2D eigenvalue weighted by atomic mass is 79.9. The number of benzene rings is 4. The zero-order valence-corrected chi connectivity index (χ0v) is 24.3. The smallest absolute Gasteiger partial charge is 0.335 e. The number of para-hydroxylation sites is 1. The van der Waals surface area contributed by atoms with Gasteiger partial charge in [0.15, 0.2) is 7.28 Å². The van der Waals surface area contributed by atoms with E-state index in [0.717, 1.165) is 21.7 Å². The molecule has 0 aliphatic rings. The van der Waals surface area contributed by atoms with E-state index in [2.05, 4.69) is 90.7 Å². The average molecular weight is 589 g/mol. The topological polar surface area (TPSA) is 63.8 Å². The summed E-state index contributed by atoms with van der Waals surface area (Å²) in [4.78, 5) is 11.7. The van der Waals surface area contributed by atoms with Gasteiger partial charge in [-0.3, -0.25) is 0 Å². The summed E-state index contributed by atoms with van der Waals surface area (Å²) >= 11 is 3.52. The van der Waals surface area contributed by atoms with Gasteiger partial charge >= 0.3 is 5.97 Å². The van der Waals surface area contributed by atoms with E-state index in [9.17, 15) is 9.90 Å². The molecule has 0 spiro atoms. The van der Waals surface area contributed by atoms with E-state index in [1.54, 1.807) is 18.2 Å². The third kappa shape index (κ3) is 4.68. The second-order valence-corrected chi connectivity index (χ2v) is 14.5. The lowest BCUT2D eigenvalue weighted by atomic mass is 10.1. The highest BCUT2D eigenvalue weighted by Gasteiger charge is 2.39. The number of carbonyl (C=O) groups is 1. The number of halogens is 1. The minimum atomic E-state index is -2.82. The van der Waals surface area contributed by atoms with Gasteiger partial charge in [0.2, 0.25) is 0 Å². The van der Waals surface area contributed by atoms with Crippen molar-refractivity contribution in [1.82, 2.24) is 4.57 Å². The molecule has 1 N–H and O–H groups in total. The molecular weight excluding hydrogens is 559 g/mol. The normalized spacial score (nSPS) is 13.4. The minimum absolute atomic E-state index is 0.198. The van der Waals surface area contributed by atoms with Crippen LogP contribution in [-0.4, -0.2) is 20.8 Å². The number of nitrogens with zero attached hydrogens (tertiary/aromatic N) is 2. The number of aromatic carboxylic acids is 1. The SMILES string of the molecule is CCn1c2ccccc2c2cc([P@](=Nc3cccc(C(=O)O)c3)(Oc3ccc(Br)cc3)C(C)(C)C)ccc21. The van der Waals surface area contributed by atoms with Crippen molar-refractivity contribution < 1.29 is 14.4 Å². The molecule has 0 radical (unpaired) electrons. The van der Waals surface area contributed by atoms with Crippen LogP contribution in [0.5, 0.6) is 5.75 Å². The van der Waals surface area contributed by atoms with Gasteiger partial charge < -0.3 is 14.2 Å². The van der Waals surface area contributed by atoms with Crippen molar-refractivity contribution in [1.29, 1.82) is 0 Å². The molecule has 5 rings (SSSR count).